The van der Waals surface area contributed by atoms with Gasteiger partial charge in [0.05, 0.1) is 0 Å². The Hall–Kier alpha value is -1.59. The van der Waals surface area contributed by atoms with Gasteiger partial charge in [-0.05, 0) is 31.1 Å². The smallest absolute Gasteiger partial charge is 0.306 e. The van der Waals surface area contributed by atoms with Gasteiger partial charge in [0.1, 0.15) is 13.2 Å². The van der Waals surface area contributed by atoms with E-state index in [-0.39, 0.29) is 31.1 Å². The van der Waals surface area contributed by atoms with Gasteiger partial charge in [-0.3, -0.25) is 14.4 Å². The van der Waals surface area contributed by atoms with Gasteiger partial charge < -0.3 is 14.2 Å². The number of hydrogen-bond acceptors (Lipinski definition) is 6. The van der Waals surface area contributed by atoms with Crippen LogP contribution < -0.4 is 0 Å². The van der Waals surface area contributed by atoms with Crippen molar-refractivity contribution in [3.05, 3.63) is 0 Å². The molecule has 0 heterocycles. The van der Waals surface area contributed by atoms with Crippen molar-refractivity contribution in [1.82, 2.24) is 0 Å². The Balaban J connectivity index is 4.16. The monoisotopic (exact) mass is 765 g/mol. The van der Waals surface area contributed by atoms with Gasteiger partial charge in [-0.2, -0.15) is 0 Å². The molecule has 6 nitrogen and oxygen atoms in total. The minimum atomic E-state index is -0.760. The largest absolute Gasteiger partial charge is 0.462 e. The van der Waals surface area contributed by atoms with Crippen molar-refractivity contribution in [3.8, 4) is 0 Å². The normalized spacial score (nSPS) is 12.6. The van der Waals surface area contributed by atoms with Crippen molar-refractivity contribution in [2.75, 3.05) is 13.2 Å². The van der Waals surface area contributed by atoms with Crippen LogP contribution in [0, 0.1) is 11.8 Å². The van der Waals surface area contributed by atoms with Crippen molar-refractivity contribution in [2.45, 2.75) is 265 Å². The fraction of sp³-hybridized carbons (Fsp3) is 0.938. The highest BCUT2D eigenvalue weighted by Crippen LogP contribution is 2.17. The number of rotatable bonds is 42. The summed E-state index contributed by atoms with van der Waals surface area (Å²) < 4.78 is 16.7. The molecule has 0 aliphatic heterocycles. The average molecular weight is 765 g/mol. The van der Waals surface area contributed by atoms with Crippen molar-refractivity contribution >= 4 is 17.9 Å². The topological polar surface area (TPSA) is 78.9 Å². The van der Waals surface area contributed by atoms with Crippen LogP contribution in [0.1, 0.15) is 259 Å². The van der Waals surface area contributed by atoms with Crippen molar-refractivity contribution < 1.29 is 28.6 Å². The number of ether oxygens (including phenoxy) is 3. The Morgan fingerprint density at radius 1 is 0.389 bits per heavy atom. The third kappa shape index (κ3) is 40.1. The molecule has 0 amide bonds. The molecule has 6 heteroatoms. The zero-order valence-electron chi connectivity index (χ0n) is 36.8. The van der Waals surface area contributed by atoms with Gasteiger partial charge in [-0.15, -0.1) is 0 Å². The van der Waals surface area contributed by atoms with Crippen molar-refractivity contribution in [1.29, 1.82) is 0 Å². The summed E-state index contributed by atoms with van der Waals surface area (Å²) in [6.07, 6.45) is 39.6. The van der Waals surface area contributed by atoms with E-state index in [9.17, 15) is 14.4 Å². The van der Waals surface area contributed by atoms with E-state index in [4.69, 9.17) is 14.2 Å². The highest BCUT2D eigenvalue weighted by Gasteiger charge is 2.19. The Kier molecular flexibility index (Phi) is 39.8. The summed E-state index contributed by atoms with van der Waals surface area (Å²) in [5, 5.41) is 0. The molecule has 0 aromatic heterocycles. The molecule has 0 spiro atoms. The molecule has 0 aromatic carbocycles. The molecule has 0 bridgehead atoms. The molecular formula is C48H92O6. The number of hydrogen-bond donors (Lipinski definition) is 0. The summed E-state index contributed by atoms with van der Waals surface area (Å²) in [7, 11) is 0. The van der Waals surface area contributed by atoms with Gasteiger partial charge in [0.15, 0.2) is 6.10 Å². The predicted molar refractivity (Wildman–Crippen MR) is 229 cm³/mol. The standard InChI is InChI=1S/C48H92O6/c1-6-8-9-10-21-28-33-38-46(49)52-41-45(54-48(51)40-35-30-25-24-27-32-37-44(5)7-2)42-53-47(50)39-34-29-23-20-18-16-14-12-11-13-15-17-19-22-26-31-36-43(3)4/h43-45H,6-42H2,1-5H3/t44?,45-/m1/s1. The minimum Gasteiger partial charge on any atom is -0.462 e. The lowest BCUT2D eigenvalue weighted by Gasteiger charge is -2.18. The van der Waals surface area contributed by atoms with Gasteiger partial charge in [0, 0.05) is 19.3 Å². The molecule has 0 N–H and O–H groups in total. The third-order valence-electron chi connectivity index (χ3n) is 11.1. The highest BCUT2D eigenvalue weighted by atomic mass is 16.6. The molecule has 0 fully saturated rings. The predicted octanol–water partition coefficient (Wildman–Crippen LogP) is 15.0. The van der Waals surface area contributed by atoms with Crippen molar-refractivity contribution in [3.63, 3.8) is 0 Å². The fourth-order valence-electron chi connectivity index (χ4n) is 7.07. The Morgan fingerprint density at radius 3 is 1.06 bits per heavy atom. The number of carbonyl (C=O) groups excluding carboxylic acids is 3. The van der Waals surface area contributed by atoms with Crippen LogP contribution in [-0.2, 0) is 28.6 Å². The van der Waals surface area contributed by atoms with Gasteiger partial charge in [-0.1, -0.05) is 221 Å². The SMILES string of the molecule is CCCCCCCCCC(=O)OC[C@H](COC(=O)CCCCCCCCCCCCCCCCCCC(C)C)OC(=O)CCCCCCCCC(C)CC. The lowest BCUT2D eigenvalue weighted by molar-refractivity contribution is -0.167. The lowest BCUT2D eigenvalue weighted by atomic mass is 10.00. The molecule has 1 unspecified atom stereocenters. The molecule has 320 valence electrons. The zero-order valence-corrected chi connectivity index (χ0v) is 36.8. The van der Waals surface area contributed by atoms with Crippen LogP contribution in [0.3, 0.4) is 0 Å². The van der Waals surface area contributed by atoms with Crippen LogP contribution in [-0.4, -0.2) is 37.2 Å². The summed E-state index contributed by atoms with van der Waals surface area (Å²) >= 11 is 0. The maximum absolute atomic E-state index is 12.7. The molecule has 0 aliphatic carbocycles. The van der Waals surface area contributed by atoms with Crippen LogP contribution in [0.25, 0.3) is 0 Å². The average Bonchev–Trinajstić information content (AvgIpc) is 3.15. The van der Waals surface area contributed by atoms with E-state index in [1.807, 2.05) is 0 Å². The number of esters is 3. The van der Waals surface area contributed by atoms with E-state index in [0.29, 0.717) is 19.3 Å². The summed E-state index contributed by atoms with van der Waals surface area (Å²) in [6.45, 7) is 11.3. The van der Waals surface area contributed by atoms with Crippen LogP contribution >= 0.6 is 0 Å². The molecular weight excluding hydrogens is 673 g/mol. The number of carbonyl (C=O) groups is 3. The number of unbranched alkanes of at least 4 members (excludes halogenated alkanes) is 26. The second-order valence-corrected chi connectivity index (χ2v) is 17.1. The fourth-order valence-corrected chi connectivity index (χ4v) is 7.07. The summed E-state index contributed by atoms with van der Waals surface area (Å²) in [5.41, 5.74) is 0. The second-order valence-electron chi connectivity index (χ2n) is 17.1. The van der Waals surface area contributed by atoms with E-state index in [1.54, 1.807) is 0 Å². The first-order chi connectivity index (χ1) is 26.3. The Morgan fingerprint density at radius 2 is 0.704 bits per heavy atom. The Labute approximate surface area is 336 Å². The maximum atomic E-state index is 12.7. The quantitative estimate of drug-likeness (QED) is 0.0350. The van der Waals surface area contributed by atoms with Crippen molar-refractivity contribution in [2.24, 2.45) is 11.8 Å². The highest BCUT2D eigenvalue weighted by molar-refractivity contribution is 5.71. The lowest BCUT2D eigenvalue weighted by Crippen LogP contribution is -2.30. The molecule has 0 aromatic rings. The molecule has 0 radical (unpaired) electrons. The van der Waals surface area contributed by atoms with E-state index < -0.39 is 6.10 Å². The van der Waals surface area contributed by atoms with Crippen LogP contribution in [0.5, 0.6) is 0 Å². The summed E-state index contributed by atoms with van der Waals surface area (Å²) in [4.78, 5) is 37.6. The van der Waals surface area contributed by atoms with E-state index in [2.05, 4.69) is 34.6 Å². The van der Waals surface area contributed by atoms with Gasteiger partial charge >= 0.3 is 17.9 Å². The van der Waals surface area contributed by atoms with Crippen LogP contribution in [0.4, 0.5) is 0 Å². The first-order valence-electron chi connectivity index (χ1n) is 23.8. The first-order valence-corrected chi connectivity index (χ1v) is 23.8. The van der Waals surface area contributed by atoms with Gasteiger partial charge in [0.25, 0.3) is 0 Å². The Bertz CT molecular complexity index is 826. The molecule has 54 heavy (non-hydrogen) atoms. The van der Waals surface area contributed by atoms with Gasteiger partial charge in [-0.25, -0.2) is 0 Å². The van der Waals surface area contributed by atoms with Crippen LogP contribution in [0.2, 0.25) is 0 Å². The molecule has 2 atom stereocenters. The maximum Gasteiger partial charge on any atom is 0.306 e. The van der Waals surface area contributed by atoms with Crippen LogP contribution in [0.15, 0.2) is 0 Å². The summed E-state index contributed by atoms with van der Waals surface area (Å²) in [6, 6.07) is 0. The van der Waals surface area contributed by atoms with Gasteiger partial charge in [0.2, 0.25) is 0 Å². The molecule has 0 rings (SSSR count). The van der Waals surface area contributed by atoms with E-state index in [1.165, 1.54) is 148 Å². The first kappa shape index (κ1) is 52.4. The zero-order chi connectivity index (χ0) is 39.7. The molecule has 0 aliphatic rings. The summed E-state index contributed by atoms with van der Waals surface area (Å²) in [5.74, 6) is 0.799. The second kappa shape index (κ2) is 41.1. The molecule has 0 saturated carbocycles. The van der Waals surface area contributed by atoms with E-state index in [0.717, 1.165) is 69.6 Å². The third-order valence-corrected chi connectivity index (χ3v) is 11.1. The molecule has 0 saturated heterocycles. The van der Waals surface area contributed by atoms with E-state index >= 15 is 0 Å². The minimum absolute atomic E-state index is 0.0656.